The van der Waals surface area contributed by atoms with Crippen LogP contribution in [0.15, 0.2) is 40.9 Å². The Bertz CT molecular complexity index is 636. The molecule has 2 N–H and O–H groups in total. The first-order valence-electron chi connectivity index (χ1n) is 6.66. The molecule has 2 rings (SSSR count). The van der Waals surface area contributed by atoms with E-state index in [0.29, 0.717) is 16.0 Å². The van der Waals surface area contributed by atoms with Gasteiger partial charge in [0, 0.05) is 12.1 Å². The normalized spacial score (nSPS) is 12.2. The molecule has 0 bridgehead atoms. The zero-order chi connectivity index (χ0) is 15.4. The lowest BCUT2D eigenvalue weighted by Crippen LogP contribution is -2.21. The van der Waals surface area contributed by atoms with Gasteiger partial charge in [-0.3, -0.25) is 0 Å². The number of hydrogen-bond donors (Lipinski definition) is 1. The molecule has 0 spiro atoms. The molecule has 0 fully saturated rings. The zero-order valence-electron chi connectivity index (χ0n) is 11.6. The predicted octanol–water partition coefficient (Wildman–Crippen LogP) is 5.31. The van der Waals surface area contributed by atoms with E-state index in [1.165, 1.54) is 12.1 Å². The van der Waals surface area contributed by atoms with Crippen LogP contribution in [-0.4, -0.2) is 6.04 Å². The van der Waals surface area contributed by atoms with E-state index >= 15 is 0 Å². The molecular formula is C16H16BrClFNO. The van der Waals surface area contributed by atoms with E-state index in [4.69, 9.17) is 22.1 Å². The second-order valence-electron chi connectivity index (χ2n) is 4.82. The maximum Gasteiger partial charge on any atom is 0.145 e. The van der Waals surface area contributed by atoms with E-state index < -0.39 is 5.82 Å². The maximum absolute atomic E-state index is 13.5. The van der Waals surface area contributed by atoms with Crippen molar-refractivity contribution in [2.45, 2.75) is 25.8 Å². The van der Waals surface area contributed by atoms with Crippen LogP contribution in [0.4, 0.5) is 4.39 Å². The van der Waals surface area contributed by atoms with Gasteiger partial charge in [0.25, 0.3) is 0 Å². The van der Waals surface area contributed by atoms with E-state index in [9.17, 15) is 4.39 Å². The van der Waals surface area contributed by atoms with E-state index in [1.807, 2.05) is 24.3 Å². The van der Waals surface area contributed by atoms with Crippen molar-refractivity contribution in [1.29, 1.82) is 0 Å². The molecular weight excluding hydrogens is 357 g/mol. The highest BCUT2D eigenvalue weighted by atomic mass is 79.9. The molecule has 0 saturated carbocycles. The molecule has 0 saturated heterocycles. The Balaban J connectivity index is 2.20. The standard InChI is InChI=1S/C16H16BrClFNO/c1-2-11(20)6-10-4-3-5-12(7-10)21-16-9-15(19)14(18)8-13(16)17/h3-5,7-9,11H,2,6,20H2,1H3. The summed E-state index contributed by atoms with van der Waals surface area (Å²) >= 11 is 9.03. The highest BCUT2D eigenvalue weighted by Gasteiger charge is 2.09. The summed E-state index contributed by atoms with van der Waals surface area (Å²) in [4.78, 5) is 0. The van der Waals surface area contributed by atoms with Gasteiger partial charge >= 0.3 is 0 Å². The Hall–Kier alpha value is -1.10. The number of halogens is 3. The summed E-state index contributed by atoms with van der Waals surface area (Å²) in [5.74, 6) is 0.506. The molecule has 1 atom stereocenters. The topological polar surface area (TPSA) is 35.2 Å². The lowest BCUT2D eigenvalue weighted by Gasteiger charge is -2.12. The molecule has 0 amide bonds. The van der Waals surface area contributed by atoms with Gasteiger partial charge in [0.1, 0.15) is 17.3 Å². The quantitative estimate of drug-likeness (QED) is 0.722. The van der Waals surface area contributed by atoms with Gasteiger partial charge in [-0.1, -0.05) is 30.7 Å². The van der Waals surface area contributed by atoms with Crippen molar-refractivity contribution in [3.63, 3.8) is 0 Å². The van der Waals surface area contributed by atoms with Gasteiger partial charge in [-0.05, 0) is 52.5 Å². The summed E-state index contributed by atoms with van der Waals surface area (Å²) in [6, 6.07) is 10.5. The Morgan fingerprint density at radius 1 is 1.33 bits per heavy atom. The summed E-state index contributed by atoms with van der Waals surface area (Å²) < 4.78 is 19.8. The SMILES string of the molecule is CCC(N)Cc1cccc(Oc2cc(F)c(Cl)cc2Br)c1. The highest BCUT2D eigenvalue weighted by molar-refractivity contribution is 9.10. The van der Waals surface area contributed by atoms with Gasteiger partial charge in [-0.25, -0.2) is 4.39 Å². The first-order chi connectivity index (χ1) is 9.99. The van der Waals surface area contributed by atoms with Crippen LogP contribution in [0.25, 0.3) is 0 Å². The minimum absolute atomic E-state index is 0.0527. The Kier molecular flexibility index (Phi) is 5.62. The third-order valence-electron chi connectivity index (χ3n) is 3.12. The average molecular weight is 373 g/mol. The summed E-state index contributed by atoms with van der Waals surface area (Å²) in [6.45, 7) is 2.05. The molecule has 0 aliphatic carbocycles. The first kappa shape index (κ1) is 16.3. The molecule has 0 radical (unpaired) electrons. The number of nitrogens with two attached hydrogens (primary N) is 1. The zero-order valence-corrected chi connectivity index (χ0v) is 13.9. The number of hydrogen-bond acceptors (Lipinski definition) is 2. The first-order valence-corrected chi connectivity index (χ1v) is 7.83. The van der Waals surface area contributed by atoms with Gasteiger partial charge in [0.2, 0.25) is 0 Å². The molecule has 2 aromatic rings. The molecule has 112 valence electrons. The lowest BCUT2D eigenvalue weighted by molar-refractivity contribution is 0.472. The summed E-state index contributed by atoms with van der Waals surface area (Å²) in [7, 11) is 0. The van der Waals surface area contributed by atoms with Crippen LogP contribution in [0.5, 0.6) is 11.5 Å². The Labute approximate surface area is 137 Å². The molecule has 0 aliphatic heterocycles. The number of ether oxygens (including phenoxy) is 1. The van der Waals surface area contributed by atoms with Crippen LogP contribution >= 0.6 is 27.5 Å². The van der Waals surface area contributed by atoms with Crippen molar-refractivity contribution in [3.8, 4) is 11.5 Å². The van der Waals surface area contributed by atoms with E-state index in [2.05, 4.69) is 22.9 Å². The second kappa shape index (κ2) is 7.25. The fourth-order valence-corrected chi connectivity index (χ4v) is 2.61. The molecule has 2 aromatic carbocycles. The van der Waals surface area contributed by atoms with Crippen LogP contribution < -0.4 is 10.5 Å². The van der Waals surface area contributed by atoms with Crippen molar-refractivity contribution >= 4 is 27.5 Å². The molecule has 0 heterocycles. The van der Waals surface area contributed by atoms with Crippen LogP contribution in [0.2, 0.25) is 5.02 Å². The van der Waals surface area contributed by atoms with E-state index in [1.54, 1.807) is 0 Å². The predicted molar refractivity (Wildman–Crippen MR) is 87.6 cm³/mol. The monoisotopic (exact) mass is 371 g/mol. The molecule has 0 aliphatic rings. The van der Waals surface area contributed by atoms with Crippen molar-refractivity contribution in [1.82, 2.24) is 0 Å². The van der Waals surface area contributed by atoms with Crippen LogP contribution in [-0.2, 0) is 6.42 Å². The van der Waals surface area contributed by atoms with Crippen molar-refractivity contribution in [3.05, 3.63) is 57.3 Å². The molecule has 1 unspecified atom stereocenters. The third kappa shape index (κ3) is 4.43. The highest BCUT2D eigenvalue weighted by Crippen LogP contribution is 2.34. The fourth-order valence-electron chi connectivity index (χ4n) is 1.89. The van der Waals surface area contributed by atoms with E-state index in [0.717, 1.165) is 18.4 Å². The van der Waals surface area contributed by atoms with Crippen LogP contribution in [0.3, 0.4) is 0 Å². The van der Waals surface area contributed by atoms with Gasteiger partial charge < -0.3 is 10.5 Å². The molecule has 5 heteroatoms. The van der Waals surface area contributed by atoms with Gasteiger partial charge in [0.15, 0.2) is 0 Å². The van der Waals surface area contributed by atoms with Crippen molar-refractivity contribution in [2.24, 2.45) is 5.73 Å². The number of rotatable bonds is 5. The Morgan fingerprint density at radius 3 is 2.81 bits per heavy atom. The van der Waals surface area contributed by atoms with Crippen LogP contribution in [0.1, 0.15) is 18.9 Å². The molecule has 2 nitrogen and oxygen atoms in total. The minimum Gasteiger partial charge on any atom is -0.456 e. The van der Waals surface area contributed by atoms with Gasteiger partial charge in [0.05, 0.1) is 9.50 Å². The smallest absolute Gasteiger partial charge is 0.145 e. The summed E-state index contributed by atoms with van der Waals surface area (Å²) in [5.41, 5.74) is 7.05. The molecule has 0 aromatic heterocycles. The second-order valence-corrected chi connectivity index (χ2v) is 6.08. The fraction of sp³-hybridized carbons (Fsp3) is 0.250. The maximum atomic E-state index is 13.5. The summed E-state index contributed by atoms with van der Waals surface area (Å²) in [5, 5.41) is 0.0527. The summed E-state index contributed by atoms with van der Waals surface area (Å²) in [6.07, 6.45) is 1.70. The third-order valence-corrected chi connectivity index (χ3v) is 4.03. The minimum atomic E-state index is -0.515. The van der Waals surface area contributed by atoms with Crippen molar-refractivity contribution < 1.29 is 9.13 Å². The van der Waals surface area contributed by atoms with E-state index in [-0.39, 0.29) is 11.1 Å². The Morgan fingerprint density at radius 2 is 2.10 bits per heavy atom. The van der Waals surface area contributed by atoms with Gasteiger partial charge in [-0.2, -0.15) is 0 Å². The molecule has 21 heavy (non-hydrogen) atoms. The van der Waals surface area contributed by atoms with Crippen LogP contribution in [0, 0.1) is 5.82 Å². The largest absolute Gasteiger partial charge is 0.456 e. The average Bonchev–Trinajstić information content (AvgIpc) is 2.45. The van der Waals surface area contributed by atoms with Gasteiger partial charge in [-0.15, -0.1) is 0 Å². The number of benzene rings is 2. The lowest BCUT2D eigenvalue weighted by atomic mass is 10.0. The van der Waals surface area contributed by atoms with Crippen molar-refractivity contribution in [2.75, 3.05) is 0 Å².